The molecule has 0 bridgehead atoms. The predicted molar refractivity (Wildman–Crippen MR) is 119 cm³/mol. The van der Waals surface area contributed by atoms with Crippen molar-refractivity contribution < 1.29 is 9.18 Å². The van der Waals surface area contributed by atoms with Gasteiger partial charge in [-0.2, -0.15) is 0 Å². The highest BCUT2D eigenvalue weighted by Gasteiger charge is 2.08. The van der Waals surface area contributed by atoms with E-state index in [1.165, 1.54) is 12.1 Å². The number of hydrogen-bond donors (Lipinski definition) is 2. The van der Waals surface area contributed by atoms with Crippen molar-refractivity contribution in [3.8, 4) is 0 Å². The Morgan fingerprint density at radius 1 is 1.10 bits per heavy atom. The van der Waals surface area contributed by atoms with E-state index in [1.54, 1.807) is 49.9 Å². The van der Waals surface area contributed by atoms with Crippen molar-refractivity contribution in [2.75, 3.05) is 40.0 Å². The van der Waals surface area contributed by atoms with Gasteiger partial charge in [-0.15, -0.1) is 11.8 Å². The molecule has 0 aliphatic carbocycles. The van der Waals surface area contributed by atoms with Crippen molar-refractivity contribution in [2.45, 2.75) is 17.7 Å². The van der Waals surface area contributed by atoms with Gasteiger partial charge in [0.2, 0.25) is 0 Å². The van der Waals surface area contributed by atoms with Crippen LogP contribution < -0.4 is 10.6 Å². The summed E-state index contributed by atoms with van der Waals surface area (Å²) in [5, 5.41) is 6.60. The van der Waals surface area contributed by atoms with Crippen molar-refractivity contribution in [1.82, 2.24) is 15.5 Å². The molecule has 2 aromatic carbocycles. The van der Waals surface area contributed by atoms with Crippen LogP contribution in [0.25, 0.3) is 0 Å². The lowest BCUT2D eigenvalue weighted by Gasteiger charge is -2.13. The van der Waals surface area contributed by atoms with Crippen molar-refractivity contribution >= 4 is 23.6 Å². The zero-order chi connectivity index (χ0) is 21.1. The molecular weight excluding hydrogens is 387 g/mol. The molecule has 0 aromatic heterocycles. The fraction of sp³-hybridized carbons (Fsp3) is 0.364. The van der Waals surface area contributed by atoms with Crippen molar-refractivity contribution in [3.63, 3.8) is 0 Å². The van der Waals surface area contributed by atoms with Crippen molar-refractivity contribution in [3.05, 3.63) is 65.5 Å². The van der Waals surface area contributed by atoms with E-state index in [2.05, 4.69) is 15.6 Å². The highest BCUT2D eigenvalue weighted by molar-refractivity contribution is 7.99. The van der Waals surface area contributed by atoms with Gasteiger partial charge in [-0.25, -0.2) is 4.39 Å². The number of rotatable bonds is 9. The molecule has 0 saturated heterocycles. The van der Waals surface area contributed by atoms with Crippen molar-refractivity contribution in [1.29, 1.82) is 0 Å². The van der Waals surface area contributed by atoms with Crippen molar-refractivity contribution in [2.24, 2.45) is 4.99 Å². The molecule has 156 valence electrons. The molecule has 0 fully saturated rings. The van der Waals surface area contributed by atoms with Gasteiger partial charge in [0.15, 0.2) is 5.96 Å². The largest absolute Gasteiger partial charge is 0.356 e. The molecule has 2 rings (SSSR count). The third-order valence-corrected chi connectivity index (χ3v) is 5.30. The first-order valence-corrected chi connectivity index (χ1v) is 10.6. The van der Waals surface area contributed by atoms with Gasteiger partial charge < -0.3 is 15.5 Å². The number of amides is 1. The summed E-state index contributed by atoms with van der Waals surface area (Å²) in [6, 6.07) is 14.3. The third kappa shape index (κ3) is 8.15. The zero-order valence-corrected chi connectivity index (χ0v) is 18.1. The Morgan fingerprint density at radius 3 is 2.52 bits per heavy atom. The van der Waals surface area contributed by atoms with Gasteiger partial charge in [0.1, 0.15) is 5.82 Å². The minimum absolute atomic E-state index is 0.00999. The van der Waals surface area contributed by atoms with Crippen LogP contribution in [0, 0.1) is 5.82 Å². The fourth-order valence-electron chi connectivity index (χ4n) is 2.66. The first-order chi connectivity index (χ1) is 14.0. The maximum Gasteiger partial charge on any atom is 0.253 e. The Balaban J connectivity index is 1.67. The molecule has 0 aliphatic rings. The van der Waals surface area contributed by atoms with Crippen LogP contribution in [0.3, 0.4) is 0 Å². The lowest BCUT2D eigenvalue weighted by Crippen LogP contribution is -2.38. The zero-order valence-electron chi connectivity index (χ0n) is 17.2. The van der Waals surface area contributed by atoms with Gasteiger partial charge in [-0.3, -0.25) is 9.79 Å². The number of nitrogens with one attached hydrogen (secondary N) is 2. The van der Waals surface area contributed by atoms with Crippen LogP contribution >= 0.6 is 11.8 Å². The lowest BCUT2D eigenvalue weighted by molar-refractivity contribution is 0.0827. The monoisotopic (exact) mass is 416 g/mol. The molecule has 2 aromatic rings. The molecule has 0 spiro atoms. The summed E-state index contributed by atoms with van der Waals surface area (Å²) in [7, 11) is 5.26. The van der Waals surface area contributed by atoms with E-state index in [9.17, 15) is 9.18 Å². The summed E-state index contributed by atoms with van der Waals surface area (Å²) < 4.78 is 12.9. The summed E-state index contributed by atoms with van der Waals surface area (Å²) in [6.45, 7) is 1.53. The molecule has 0 radical (unpaired) electrons. The fourth-order valence-corrected chi connectivity index (χ4v) is 3.52. The van der Waals surface area contributed by atoms with E-state index in [-0.39, 0.29) is 11.7 Å². The second-order valence-corrected chi connectivity index (χ2v) is 7.90. The Morgan fingerprint density at radius 2 is 1.83 bits per heavy atom. The van der Waals surface area contributed by atoms with Crippen LogP contribution in [0.15, 0.2) is 58.4 Å². The maximum absolute atomic E-state index is 12.9. The maximum atomic E-state index is 12.9. The Labute approximate surface area is 176 Å². The second-order valence-electron chi connectivity index (χ2n) is 6.73. The van der Waals surface area contributed by atoms with Crippen LogP contribution in [0.4, 0.5) is 4.39 Å². The van der Waals surface area contributed by atoms with E-state index in [1.807, 2.05) is 24.3 Å². The molecule has 0 aliphatic heterocycles. The average molecular weight is 417 g/mol. The number of nitrogens with zero attached hydrogens (tertiary/aromatic N) is 2. The van der Waals surface area contributed by atoms with Gasteiger partial charge in [-0.1, -0.05) is 12.1 Å². The molecule has 7 heteroatoms. The van der Waals surface area contributed by atoms with Gasteiger partial charge in [0.05, 0.1) is 0 Å². The number of hydrogen-bond acceptors (Lipinski definition) is 3. The highest BCUT2D eigenvalue weighted by Crippen LogP contribution is 2.18. The average Bonchev–Trinajstić information content (AvgIpc) is 2.73. The predicted octanol–water partition coefficient (Wildman–Crippen LogP) is 3.42. The quantitative estimate of drug-likeness (QED) is 0.285. The van der Waals surface area contributed by atoms with E-state index in [4.69, 9.17) is 0 Å². The molecule has 0 saturated carbocycles. The number of halogens is 1. The van der Waals surface area contributed by atoms with Gasteiger partial charge in [-0.05, 0) is 60.6 Å². The van der Waals surface area contributed by atoms with Crippen LogP contribution in [0.1, 0.15) is 22.3 Å². The van der Waals surface area contributed by atoms with Gasteiger partial charge in [0, 0.05) is 44.7 Å². The summed E-state index contributed by atoms with van der Waals surface area (Å²) in [4.78, 5) is 19.0. The van der Waals surface area contributed by atoms with E-state index in [0.717, 1.165) is 48.1 Å². The SMILES string of the molecule is CN=C(NCCCSc1ccc(F)cc1)NCCc1cccc(C(=O)N(C)C)c1. The minimum atomic E-state index is -0.207. The second kappa shape index (κ2) is 12.1. The molecule has 5 nitrogen and oxygen atoms in total. The van der Waals surface area contributed by atoms with Gasteiger partial charge in [0.25, 0.3) is 5.91 Å². The lowest BCUT2D eigenvalue weighted by atomic mass is 10.1. The molecule has 1 amide bonds. The Bertz CT molecular complexity index is 809. The molecular formula is C22H29FN4OS. The molecule has 0 heterocycles. The van der Waals surface area contributed by atoms with Crippen LogP contribution in [-0.2, 0) is 6.42 Å². The summed E-state index contributed by atoms with van der Waals surface area (Å²) in [5.41, 5.74) is 1.81. The summed E-state index contributed by atoms with van der Waals surface area (Å²) >= 11 is 1.71. The third-order valence-electron chi connectivity index (χ3n) is 4.21. The number of guanidine groups is 1. The normalized spacial score (nSPS) is 11.2. The molecule has 0 unspecified atom stereocenters. The van der Waals surface area contributed by atoms with Crippen LogP contribution in [0.2, 0.25) is 0 Å². The standard InChI is InChI=1S/C22H29FN4OS/c1-24-22(25-13-5-15-29-20-10-8-19(23)9-11-20)26-14-12-17-6-4-7-18(16-17)21(28)27(2)3/h4,6-11,16H,5,12-15H2,1-3H3,(H2,24,25,26). The number of benzene rings is 2. The smallest absolute Gasteiger partial charge is 0.253 e. The van der Waals surface area contributed by atoms with E-state index < -0.39 is 0 Å². The van der Waals surface area contributed by atoms with Crippen LogP contribution in [0.5, 0.6) is 0 Å². The first-order valence-electron chi connectivity index (χ1n) is 9.63. The van der Waals surface area contributed by atoms with Gasteiger partial charge >= 0.3 is 0 Å². The number of carbonyl (C=O) groups is 1. The molecule has 29 heavy (non-hydrogen) atoms. The van der Waals surface area contributed by atoms with Crippen LogP contribution in [-0.4, -0.2) is 56.8 Å². The topological polar surface area (TPSA) is 56.7 Å². The minimum Gasteiger partial charge on any atom is -0.356 e. The summed E-state index contributed by atoms with van der Waals surface area (Å²) in [6.07, 6.45) is 1.77. The van der Waals surface area contributed by atoms with E-state index >= 15 is 0 Å². The Hall–Kier alpha value is -2.54. The Kier molecular flexibility index (Phi) is 9.50. The number of carbonyl (C=O) groups excluding carboxylic acids is 1. The summed E-state index contributed by atoms with van der Waals surface area (Å²) in [5.74, 6) is 1.51. The number of thioether (sulfide) groups is 1. The highest BCUT2D eigenvalue weighted by atomic mass is 32.2. The molecule has 2 N–H and O–H groups in total. The first kappa shape index (κ1) is 22.7. The molecule has 0 atom stereocenters. The number of aliphatic imine (C=N–C) groups is 1. The van der Waals surface area contributed by atoms with E-state index in [0.29, 0.717) is 5.56 Å².